The van der Waals surface area contributed by atoms with Crippen molar-refractivity contribution in [3.05, 3.63) is 0 Å². The molecule has 2 aliphatic heterocycles. The van der Waals surface area contributed by atoms with E-state index in [2.05, 4.69) is 15.4 Å². The Morgan fingerprint density at radius 2 is 2.50 bits per heavy atom. The summed E-state index contributed by atoms with van der Waals surface area (Å²) in [5.74, 6) is -0.262. The van der Waals surface area contributed by atoms with Crippen LogP contribution in [0.25, 0.3) is 0 Å². The standard InChI is InChI=1S/C6H9N5O/c1-11-4-3(2-8-11)5(12)10-6(7)9-4/h2-4H,1H3,(H3,7,9,10,12). The predicted molar refractivity (Wildman–Crippen MR) is 43.3 cm³/mol. The lowest BCUT2D eigenvalue weighted by Gasteiger charge is -2.24. The van der Waals surface area contributed by atoms with Crippen molar-refractivity contribution in [2.75, 3.05) is 7.05 Å². The smallest absolute Gasteiger partial charge is 0.239 e. The maximum absolute atomic E-state index is 11.2. The van der Waals surface area contributed by atoms with Gasteiger partial charge in [-0.25, -0.2) is 4.99 Å². The molecular weight excluding hydrogens is 158 g/mol. The van der Waals surface area contributed by atoms with Gasteiger partial charge in [-0.05, 0) is 0 Å². The monoisotopic (exact) mass is 167 g/mol. The highest BCUT2D eigenvalue weighted by Crippen LogP contribution is 2.18. The van der Waals surface area contributed by atoms with E-state index in [1.54, 1.807) is 18.3 Å². The molecule has 0 bridgehead atoms. The Labute approximate surface area is 69.1 Å². The number of aliphatic imine (C=N–C) groups is 1. The maximum atomic E-state index is 11.2. The highest BCUT2D eigenvalue weighted by Gasteiger charge is 2.37. The first-order valence-electron chi connectivity index (χ1n) is 3.59. The van der Waals surface area contributed by atoms with E-state index in [4.69, 9.17) is 5.73 Å². The molecule has 2 rings (SSSR count). The number of carbonyl (C=O) groups excluding carboxylic acids is 1. The topological polar surface area (TPSA) is 83.1 Å². The minimum atomic E-state index is -0.290. The molecule has 0 aromatic heterocycles. The van der Waals surface area contributed by atoms with Gasteiger partial charge in [-0.2, -0.15) is 5.10 Å². The van der Waals surface area contributed by atoms with Crippen LogP contribution in [0, 0.1) is 5.92 Å². The van der Waals surface area contributed by atoms with Gasteiger partial charge in [0.2, 0.25) is 5.91 Å². The van der Waals surface area contributed by atoms with Gasteiger partial charge in [0.25, 0.3) is 0 Å². The van der Waals surface area contributed by atoms with Gasteiger partial charge in [0.15, 0.2) is 12.1 Å². The zero-order valence-corrected chi connectivity index (χ0v) is 6.56. The highest BCUT2D eigenvalue weighted by atomic mass is 16.2. The summed E-state index contributed by atoms with van der Waals surface area (Å²) in [7, 11) is 1.76. The first kappa shape index (κ1) is 7.08. The van der Waals surface area contributed by atoms with Gasteiger partial charge in [-0.1, -0.05) is 0 Å². The van der Waals surface area contributed by atoms with Gasteiger partial charge in [0.1, 0.15) is 5.92 Å². The highest BCUT2D eigenvalue weighted by molar-refractivity contribution is 6.06. The molecular formula is C6H9N5O. The van der Waals surface area contributed by atoms with E-state index in [-0.39, 0.29) is 24.0 Å². The number of hydrazone groups is 1. The molecule has 0 saturated heterocycles. The first-order chi connectivity index (χ1) is 5.68. The van der Waals surface area contributed by atoms with Crippen LogP contribution in [0.5, 0.6) is 0 Å². The molecule has 0 radical (unpaired) electrons. The van der Waals surface area contributed by atoms with Gasteiger partial charge in [-0.15, -0.1) is 0 Å². The van der Waals surface area contributed by atoms with Crippen LogP contribution < -0.4 is 11.1 Å². The van der Waals surface area contributed by atoms with Crippen molar-refractivity contribution in [3.8, 4) is 0 Å². The normalized spacial score (nSPS) is 32.9. The third-order valence-electron chi connectivity index (χ3n) is 1.94. The second-order valence-corrected chi connectivity index (χ2v) is 2.78. The fourth-order valence-corrected chi connectivity index (χ4v) is 1.31. The third-order valence-corrected chi connectivity index (χ3v) is 1.94. The summed E-state index contributed by atoms with van der Waals surface area (Å²) in [5, 5.41) is 8.01. The summed E-state index contributed by atoms with van der Waals surface area (Å²) in [6.45, 7) is 0. The van der Waals surface area contributed by atoms with Crippen LogP contribution in [-0.2, 0) is 4.79 Å². The van der Waals surface area contributed by atoms with Crippen LogP contribution in [0.2, 0.25) is 0 Å². The van der Waals surface area contributed by atoms with Crippen LogP contribution in [0.1, 0.15) is 0 Å². The molecule has 0 saturated carbocycles. The number of nitrogens with two attached hydrogens (primary N) is 1. The third kappa shape index (κ3) is 0.843. The number of rotatable bonds is 0. The Morgan fingerprint density at radius 1 is 1.75 bits per heavy atom. The molecule has 2 heterocycles. The lowest BCUT2D eigenvalue weighted by molar-refractivity contribution is -0.123. The number of fused-ring (bicyclic) bond motifs is 1. The van der Waals surface area contributed by atoms with E-state index in [9.17, 15) is 4.79 Å². The number of hydrogen-bond acceptors (Lipinski definition) is 5. The van der Waals surface area contributed by atoms with Crippen molar-refractivity contribution in [2.45, 2.75) is 6.17 Å². The number of nitrogens with one attached hydrogen (secondary N) is 1. The van der Waals surface area contributed by atoms with Crippen LogP contribution in [0.4, 0.5) is 0 Å². The fraction of sp³-hybridized carbons (Fsp3) is 0.500. The summed E-state index contributed by atoms with van der Waals surface area (Å²) < 4.78 is 0. The Morgan fingerprint density at radius 3 is 3.25 bits per heavy atom. The van der Waals surface area contributed by atoms with E-state index < -0.39 is 0 Å². The summed E-state index contributed by atoms with van der Waals surface area (Å²) >= 11 is 0. The summed E-state index contributed by atoms with van der Waals surface area (Å²) in [6.07, 6.45) is 1.33. The van der Waals surface area contributed by atoms with E-state index in [0.29, 0.717) is 0 Å². The molecule has 0 fully saturated rings. The first-order valence-corrected chi connectivity index (χ1v) is 3.59. The Balaban J connectivity index is 2.32. The second-order valence-electron chi connectivity index (χ2n) is 2.78. The number of amides is 1. The summed E-state index contributed by atoms with van der Waals surface area (Å²) in [4.78, 5) is 15.3. The molecule has 2 atom stereocenters. The molecule has 12 heavy (non-hydrogen) atoms. The van der Waals surface area contributed by atoms with Crippen LogP contribution in [0.15, 0.2) is 10.1 Å². The van der Waals surface area contributed by atoms with Gasteiger partial charge >= 0.3 is 0 Å². The van der Waals surface area contributed by atoms with E-state index >= 15 is 0 Å². The Hall–Kier alpha value is -1.59. The zero-order chi connectivity index (χ0) is 8.72. The molecule has 0 aliphatic carbocycles. The Kier molecular flexibility index (Phi) is 1.30. The molecule has 6 nitrogen and oxygen atoms in total. The molecule has 2 unspecified atom stereocenters. The zero-order valence-electron chi connectivity index (χ0n) is 6.56. The van der Waals surface area contributed by atoms with E-state index in [1.807, 2.05) is 0 Å². The van der Waals surface area contributed by atoms with Crippen molar-refractivity contribution >= 4 is 18.1 Å². The van der Waals surface area contributed by atoms with Gasteiger partial charge in [0.05, 0.1) is 0 Å². The predicted octanol–water partition coefficient (Wildman–Crippen LogP) is -1.70. The minimum Gasteiger partial charge on any atom is -0.370 e. The molecule has 0 aromatic rings. The molecule has 3 N–H and O–H groups in total. The number of guanidine groups is 1. The van der Waals surface area contributed by atoms with Gasteiger partial charge in [0, 0.05) is 13.3 Å². The van der Waals surface area contributed by atoms with E-state index in [1.165, 1.54) is 0 Å². The van der Waals surface area contributed by atoms with Crippen molar-refractivity contribution in [3.63, 3.8) is 0 Å². The number of carbonyl (C=O) groups is 1. The molecule has 64 valence electrons. The quantitative estimate of drug-likeness (QED) is 0.451. The molecule has 1 amide bonds. The van der Waals surface area contributed by atoms with Crippen molar-refractivity contribution in [2.24, 2.45) is 21.7 Å². The lowest BCUT2D eigenvalue weighted by Crippen LogP contribution is -2.50. The van der Waals surface area contributed by atoms with Gasteiger partial charge < -0.3 is 5.73 Å². The second kappa shape index (κ2) is 2.20. The average Bonchev–Trinajstić information content (AvgIpc) is 2.33. The van der Waals surface area contributed by atoms with Crippen molar-refractivity contribution in [1.29, 1.82) is 0 Å². The Bertz CT molecular complexity index is 284. The fourth-order valence-electron chi connectivity index (χ4n) is 1.31. The molecule has 0 aromatic carbocycles. The van der Waals surface area contributed by atoms with Crippen molar-refractivity contribution < 1.29 is 4.79 Å². The van der Waals surface area contributed by atoms with Gasteiger partial charge in [-0.3, -0.25) is 15.1 Å². The average molecular weight is 167 g/mol. The molecule has 6 heteroatoms. The lowest BCUT2D eigenvalue weighted by atomic mass is 10.1. The maximum Gasteiger partial charge on any atom is 0.239 e. The molecule has 0 spiro atoms. The minimum absolute atomic E-state index is 0.138. The number of hydrogen-bond donors (Lipinski definition) is 2. The van der Waals surface area contributed by atoms with Crippen molar-refractivity contribution in [1.82, 2.24) is 10.3 Å². The summed E-state index contributed by atoms with van der Waals surface area (Å²) in [5.41, 5.74) is 5.38. The SMILES string of the molecule is CN1N=CC2C(=O)NC(N)=NC21. The van der Waals surface area contributed by atoms with E-state index in [0.717, 1.165) is 0 Å². The summed E-state index contributed by atoms with van der Waals surface area (Å²) in [6, 6.07) is 0. The largest absolute Gasteiger partial charge is 0.370 e. The number of nitrogens with zero attached hydrogens (tertiary/aromatic N) is 3. The molecule has 2 aliphatic rings. The van der Waals surface area contributed by atoms with Crippen LogP contribution in [0.3, 0.4) is 0 Å². The van der Waals surface area contributed by atoms with Crippen LogP contribution >= 0.6 is 0 Å². The van der Waals surface area contributed by atoms with Crippen LogP contribution in [-0.4, -0.2) is 36.3 Å².